The Hall–Kier alpha value is -18.5. The van der Waals surface area contributed by atoms with Crippen molar-refractivity contribution in [2.75, 3.05) is 0 Å². The monoisotopic (exact) mass is 1800 g/mol. The highest BCUT2D eigenvalue weighted by Gasteiger charge is 2.26. The minimum absolute atomic E-state index is 1.16. The van der Waals surface area contributed by atoms with Crippen LogP contribution >= 0.6 is 0 Å². The predicted octanol–water partition coefficient (Wildman–Crippen LogP) is 39.9. The summed E-state index contributed by atoms with van der Waals surface area (Å²) in [6.07, 6.45) is 0. The van der Waals surface area contributed by atoms with Gasteiger partial charge in [0.2, 0.25) is 0 Å². The lowest BCUT2D eigenvalue weighted by Crippen LogP contribution is -1.94. The first-order valence-corrected chi connectivity index (χ1v) is 49.2. The van der Waals surface area contributed by atoms with Crippen molar-refractivity contribution in [3.8, 4) is 167 Å². The summed E-state index contributed by atoms with van der Waals surface area (Å²) in [5.41, 5.74) is 35.9. The summed E-state index contributed by atoms with van der Waals surface area (Å²) in [7, 11) is 0. The summed E-state index contributed by atoms with van der Waals surface area (Å²) in [4.78, 5) is 0. The van der Waals surface area contributed by atoms with Crippen LogP contribution in [0.5, 0.6) is 0 Å². The fourth-order valence-electron chi connectivity index (χ4n) is 22.4. The molecule has 0 nitrogen and oxygen atoms in total. The maximum Gasteiger partial charge on any atom is -0.00199 e. The molecule has 142 heavy (non-hydrogen) atoms. The molecule has 0 radical (unpaired) electrons. The van der Waals surface area contributed by atoms with Crippen molar-refractivity contribution in [1.82, 2.24) is 0 Å². The van der Waals surface area contributed by atoms with Gasteiger partial charge >= 0.3 is 0 Å². The van der Waals surface area contributed by atoms with Gasteiger partial charge in [-0.25, -0.2) is 0 Å². The number of rotatable bonds is 15. The van der Waals surface area contributed by atoms with E-state index >= 15 is 0 Å². The average molecular weight is 1800 g/mol. The first-order valence-electron chi connectivity index (χ1n) is 49.2. The van der Waals surface area contributed by atoms with Crippen LogP contribution in [0.25, 0.3) is 275 Å². The van der Waals surface area contributed by atoms with E-state index in [0.29, 0.717) is 0 Å². The number of fused-ring (bicyclic) bond motifs is 13. The number of hydrogen-bond acceptors (Lipinski definition) is 0. The molecule has 0 saturated carbocycles. The van der Waals surface area contributed by atoms with Gasteiger partial charge in [0, 0.05) is 0 Å². The van der Waals surface area contributed by atoms with E-state index in [9.17, 15) is 0 Å². The first-order chi connectivity index (χ1) is 70.4. The third-order valence-electron chi connectivity index (χ3n) is 29.1. The lowest BCUT2D eigenvalue weighted by atomic mass is 9.82. The Morgan fingerprint density at radius 1 is 0.0775 bits per heavy atom. The van der Waals surface area contributed by atoms with Crippen molar-refractivity contribution in [3.05, 3.63) is 558 Å². The molecule has 0 saturated heterocycles. The molecule has 0 aliphatic heterocycles. The molecular weight excluding hydrogens is 1710 g/mol. The van der Waals surface area contributed by atoms with Crippen LogP contribution in [0.15, 0.2) is 558 Å². The second-order valence-corrected chi connectivity index (χ2v) is 37.6. The van der Waals surface area contributed by atoms with Gasteiger partial charge < -0.3 is 0 Å². The van der Waals surface area contributed by atoms with Gasteiger partial charge in [0.1, 0.15) is 0 Å². The lowest BCUT2D eigenvalue weighted by molar-refractivity contribution is 1.54. The van der Waals surface area contributed by atoms with E-state index in [-0.39, 0.29) is 0 Å². The number of hydrogen-bond donors (Lipinski definition) is 0. The van der Waals surface area contributed by atoms with Gasteiger partial charge in [-0.2, -0.15) is 0 Å². The van der Waals surface area contributed by atoms with Crippen LogP contribution in [-0.4, -0.2) is 0 Å². The Balaban J connectivity index is 0.000000146. The summed E-state index contributed by atoms with van der Waals surface area (Å²) in [6, 6.07) is 206. The highest BCUT2D eigenvalue weighted by atomic mass is 14.3. The van der Waals surface area contributed by atoms with E-state index in [0.717, 1.165) is 22.3 Å². The Morgan fingerprint density at radius 2 is 0.303 bits per heavy atom. The molecule has 27 aromatic rings. The van der Waals surface area contributed by atoms with Gasteiger partial charge in [-0.1, -0.05) is 443 Å². The smallest absolute Gasteiger partial charge is 0.00199 e. The lowest BCUT2D eigenvalue weighted by Gasteiger charge is -2.21. The Morgan fingerprint density at radius 3 is 0.662 bits per heavy atom. The fourth-order valence-corrected chi connectivity index (χ4v) is 22.4. The molecule has 0 N–H and O–H groups in total. The van der Waals surface area contributed by atoms with Crippen molar-refractivity contribution in [2.45, 2.75) is 0 Å². The predicted molar refractivity (Wildman–Crippen MR) is 609 cm³/mol. The Labute approximate surface area is 826 Å². The molecule has 0 unspecified atom stereocenters. The maximum atomic E-state index is 2.45. The van der Waals surface area contributed by atoms with Gasteiger partial charge in [0.15, 0.2) is 0 Å². The summed E-state index contributed by atoms with van der Waals surface area (Å²) in [5, 5.41) is 25.1. The molecule has 0 aliphatic carbocycles. The third kappa shape index (κ3) is 15.6. The van der Waals surface area contributed by atoms with Crippen molar-refractivity contribution in [2.24, 2.45) is 0 Å². The molecule has 0 fully saturated rings. The molecule has 0 atom stereocenters. The van der Waals surface area contributed by atoms with Crippen LogP contribution in [0.4, 0.5) is 0 Å². The van der Waals surface area contributed by atoms with Crippen LogP contribution in [0.2, 0.25) is 0 Å². The van der Waals surface area contributed by atoms with E-state index in [2.05, 4.69) is 558 Å². The molecule has 0 aromatic heterocycles. The molecule has 0 heterocycles. The zero-order chi connectivity index (χ0) is 93.9. The normalized spacial score (nSPS) is 11.5. The van der Waals surface area contributed by atoms with Gasteiger partial charge in [-0.05, 0) is 390 Å². The molecule has 27 rings (SSSR count). The van der Waals surface area contributed by atoms with Crippen molar-refractivity contribution in [3.63, 3.8) is 0 Å². The molecule has 0 spiro atoms. The van der Waals surface area contributed by atoms with E-state index < -0.39 is 0 Å². The second-order valence-electron chi connectivity index (χ2n) is 37.6. The van der Waals surface area contributed by atoms with Crippen LogP contribution < -0.4 is 0 Å². The van der Waals surface area contributed by atoms with Crippen LogP contribution in [-0.2, 0) is 0 Å². The SMILES string of the molecule is c1ccc(-c2cc(-c3ccccc3)cc(-c3cc(-c4cc(-c5ccccc5)cc(-c5ccccc5)c4)cc(-c4c5ccccc5c(-c5cccc6c5ccc5cc7ccccc7cc56)c5ccccc45)c3)c2)cc1.c1ccc(-c2cc(-c3ccccc3)cc(-c3cccc(-c4cc(-c5ccccc5)cc(-c5c6ccccc6c(-c6cc7ccc8ccccc8c7c7ccccc67)c6ccccc56)c4)c3)c2)cc1. The zero-order valence-electron chi connectivity index (χ0n) is 78.1. The highest BCUT2D eigenvalue weighted by molar-refractivity contribution is 6.30. The standard InChI is InChI=1S/C74H48.C68H44/c1-5-20-49(21-6-1)56-39-57(50-22-7-2-8-23-50)42-60(41-56)62-45-63(61-43-58(51-24-9-3-10-25-51)40-59(44-61)52-26-11-4-12-27-52)47-64(46-62)73-68-30-15-17-32-70(68)74(71-33-18-16-31-69(71)73)67-35-19-34-65-66(67)37-36-55-38-53-28-13-14-29-54(53)48-72(55)65;1-4-19-45(20-5-1)52-38-53(46-21-6-2-7-22-46)40-55(39-52)49-26-18-27-50(37-49)56-41-54(47-23-8-3-9-24-47)42-57(43-56)67-61-31-14-16-33-63(61)68(64-34-17-15-32-62(64)67)65-44-51-36-35-48-25-10-11-28-58(48)66(51)60-30-13-12-29-59(60)65/h1-48H;1-44H. The molecular formula is C142H92. The molecule has 0 aliphatic rings. The van der Waals surface area contributed by atoms with Crippen LogP contribution in [0, 0.1) is 0 Å². The van der Waals surface area contributed by atoms with Crippen molar-refractivity contribution in [1.29, 1.82) is 0 Å². The molecule has 0 heteroatoms. The zero-order valence-corrected chi connectivity index (χ0v) is 78.1. The molecule has 0 amide bonds. The van der Waals surface area contributed by atoms with E-state index in [1.54, 1.807) is 0 Å². The van der Waals surface area contributed by atoms with Gasteiger partial charge in [-0.3, -0.25) is 0 Å². The maximum absolute atomic E-state index is 2.45. The molecule has 660 valence electrons. The average Bonchev–Trinajstić information content (AvgIpc) is 0.720. The number of benzene rings is 27. The summed E-state index contributed by atoms with van der Waals surface area (Å²) in [6.45, 7) is 0. The Kier molecular flexibility index (Phi) is 21.4. The van der Waals surface area contributed by atoms with Gasteiger partial charge in [-0.15, -0.1) is 0 Å². The van der Waals surface area contributed by atoms with Crippen molar-refractivity contribution < 1.29 is 0 Å². The highest BCUT2D eigenvalue weighted by Crippen LogP contribution is 2.53. The van der Waals surface area contributed by atoms with E-state index in [4.69, 9.17) is 0 Å². The minimum atomic E-state index is 1.16. The summed E-state index contributed by atoms with van der Waals surface area (Å²) in [5.74, 6) is 0. The van der Waals surface area contributed by atoms with Gasteiger partial charge in [0.05, 0.1) is 0 Å². The second kappa shape index (κ2) is 36.2. The quantitative estimate of drug-likeness (QED) is 0.0709. The minimum Gasteiger partial charge on any atom is -0.0622 e. The van der Waals surface area contributed by atoms with Crippen LogP contribution in [0.3, 0.4) is 0 Å². The third-order valence-corrected chi connectivity index (χ3v) is 29.1. The van der Waals surface area contributed by atoms with E-state index in [1.807, 2.05) is 0 Å². The fraction of sp³-hybridized carbons (Fsp3) is 0. The van der Waals surface area contributed by atoms with Crippen molar-refractivity contribution >= 4 is 108 Å². The summed E-state index contributed by atoms with van der Waals surface area (Å²) >= 11 is 0. The molecule has 27 aromatic carbocycles. The van der Waals surface area contributed by atoms with Crippen LogP contribution in [0.1, 0.15) is 0 Å². The topological polar surface area (TPSA) is 0 Å². The van der Waals surface area contributed by atoms with Gasteiger partial charge in [0.25, 0.3) is 0 Å². The molecule has 0 bridgehead atoms. The first kappa shape index (κ1) is 84.1. The van der Waals surface area contributed by atoms with E-state index in [1.165, 1.54) is 252 Å². The summed E-state index contributed by atoms with van der Waals surface area (Å²) < 4.78 is 0. The largest absolute Gasteiger partial charge is 0.0622 e. The Bertz CT molecular complexity index is 9170.